The molecule has 1 amide bonds. The SMILES string of the molecule is CC(C)Oc1ccc(C(=O)Nc2ccc(N3C[C@H](C)O[C@@H](C)C3)c(F)c2)cn1. The number of hydrogen-bond donors (Lipinski definition) is 1. The van der Waals surface area contributed by atoms with Gasteiger partial charge in [0.1, 0.15) is 5.82 Å². The number of halogens is 1. The van der Waals surface area contributed by atoms with Crippen molar-refractivity contribution in [3.8, 4) is 5.88 Å². The summed E-state index contributed by atoms with van der Waals surface area (Å²) in [6, 6.07) is 7.99. The van der Waals surface area contributed by atoms with E-state index < -0.39 is 0 Å². The summed E-state index contributed by atoms with van der Waals surface area (Å²) in [5, 5.41) is 2.70. The number of anilines is 2. The molecule has 1 aliphatic heterocycles. The van der Waals surface area contributed by atoms with Crippen LogP contribution in [-0.4, -0.2) is 42.3 Å². The lowest BCUT2D eigenvalue weighted by molar-refractivity contribution is -0.00539. The minimum absolute atomic E-state index is 0.00566. The van der Waals surface area contributed by atoms with Gasteiger partial charge in [-0.1, -0.05) is 0 Å². The highest BCUT2D eigenvalue weighted by molar-refractivity contribution is 6.04. The number of amides is 1. The summed E-state index contributed by atoms with van der Waals surface area (Å²) in [4.78, 5) is 18.5. The van der Waals surface area contributed by atoms with Gasteiger partial charge in [-0.3, -0.25) is 4.79 Å². The summed E-state index contributed by atoms with van der Waals surface area (Å²) >= 11 is 0. The molecule has 0 saturated carbocycles. The first-order valence-electron chi connectivity index (χ1n) is 9.46. The zero-order valence-electron chi connectivity index (χ0n) is 16.6. The van der Waals surface area contributed by atoms with Crippen molar-refractivity contribution in [2.75, 3.05) is 23.3 Å². The largest absolute Gasteiger partial charge is 0.475 e. The Kier molecular flexibility index (Phi) is 6.14. The monoisotopic (exact) mass is 387 g/mol. The lowest BCUT2D eigenvalue weighted by Crippen LogP contribution is -2.45. The highest BCUT2D eigenvalue weighted by Crippen LogP contribution is 2.26. The summed E-state index contributed by atoms with van der Waals surface area (Å²) in [6.07, 6.45) is 1.52. The molecule has 1 aromatic heterocycles. The lowest BCUT2D eigenvalue weighted by atomic mass is 10.1. The molecule has 150 valence electrons. The Hall–Kier alpha value is -2.67. The number of nitrogens with one attached hydrogen (secondary N) is 1. The number of rotatable bonds is 5. The average molecular weight is 387 g/mol. The second-order valence-electron chi connectivity index (χ2n) is 7.33. The van der Waals surface area contributed by atoms with Crippen LogP contribution in [0.1, 0.15) is 38.1 Å². The van der Waals surface area contributed by atoms with Crippen LogP contribution in [0.25, 0.3) is 0 Å². The second-order valence-corrected chi connectivity index (χ2v) is 7.33. The van der Waals surface area contributed by atoms with Crippen LogP contribution in [0.4, 0.5) is 15.8 Å². The zero-order valence-corrected chi connectivity index (χ0v) is 16.6. The minimum Gasteiger partial charge on any atom is -0.475 e. The van der Waals surface area contributed by atoms with Crippen LogP contribution in [0.3, 0.4) is 0 Å². The molecule has 3 rings (SSSR count). The van der Waals surface area contributed by atoms with Gasteiger partial charge in [0.2, 0.25) is 5.88 Å². The normalized spacial score (nSPS) is 19.6. The van der Waals surface area contributed by atoms with Crippen LogP contribution >= 0.6 is 0 Å². The van der Waals surface area contributed by atoms with E-state index in [-0.39, 0.29) is 30.0 Å². The summed E-state index contributed by atoms with van der Waals surface area (Å²) in [6.45, 7) is 9.01. The first kappa shape index (κ1) is 20.1. The topological polar surface area (TPSA) is 63.7 Å². The van der Waals surface area contributed by atoms with Crippen LogP contribution in [0.5, 0.6) is 5.88 Å². The van der Waals surface area contributed by atoms with Crippen LogP contribution in [0.2, 0.25) is 0 Å². The van der Waals surface area contributed by atoms with Crippen molar-refractivity contribution in [3.63, 3.8) is 0 Å². The summed E-state index contributed by atoms with van der Waals surface area (Å²) in [5.41, 5.74) is 1.27. The Morgan fingerprint density at radius 1 is 1.25 bits per heavy atom. The number of aromatic nitrogens is 1. The van der Waals surface area contributed by atoms with Crippen LogP contribution < -0.4 is 15.0 Å². The molecule has 0 bridgehead atoms. The van der Waals surface area contributed by atoms with Crippen molar-refractivity contribution in [3.05, 3.63) is 47.9 Å². The fourth-order valence-corrected chi connectivity index (χ4v) is 3.24. The quantitative estimate of drug-likeness (QED) is 0.844. The van der Waals surface area contributed by atoms with Gasteiger partial charge in [0, 0.05) is 31.0 Å². The molecule has 1 N–H and O–H groups in total. The van der Waals surface area contributed by atoms with Gasteiger partial charge < -0.3 is 19.7 Å². The third kappa shape index (κ3) is 4.98. The minimum atomic E-state index is -0.377. The first-order valence-corrected chi connectivity index (χ1v) is 9.46. The van der Waals surface area contributed by atoms with Gasteiger partial charge in [0.25, 0.3) is 5.91 Å². The van der Waals surface area contributed by atoms with Gasteiger partial charge in [-0.15, -0.1) is 0 Å². The van der Waals surface area contributed by atoms with Gasteiger partial charge in [-0.05, 0) is 52.0 Å². The highest BCUT2D eigenvalue weighted by atomic mass is 19.1. The fraction of sp³-hybridized carbons (Fsp3) is 0.429. The van der Waals surface area contributed by atoms with E-state index >= 15 is 0 Å². The first-order chi connectivity index (χ1) is 13.3. The molecule has 6 nitrogen and oxygen atoms in total. The molecular formula is C21H26FN3O3. The van der Waals surface area contributed by atoms with Gasteiger partial charge in [-0.2, -0.15) is 0 Å². The number of hydrogen-bond acceptors (Lipinski definition) is 5. The van der Waals surface area contributed by atoms with Crippen molar-refractivity contribution in [2.24, 2.45) is 0 Å². The van der Waals surface area contributed by atoms with E-state index in [0.717, 1.165) is 0 Å². The van der Waals surface area contributed by atoms with E-state index in [1.807, 2.05) is 32.6 Å². The number of ether oxygens (including phenoxy) is 2. The summed E-state index contributed by atoms with van der Waals surface area (Å²) in [7, 11) is 0. The van der Waals surface area contributed by atoms with E-state index in [0.29, 0.717) is 35.9 Å². The standard InChI is InChI=1S/C21H26FN3O3/c1-13(2)27-20-8-5-16(10-23-20)21(26)24-17-6-7-19(18(22)9-17)25-11-14(3)28-15(4)12-25/h5-10,13-15H,11-12H2,1-4H3,(H,24,26)/t14-,15-/m0/s1. The molecule has 2 heterocycles. The van der Waals surface area contributed by atoms with Crippen molar-refractivity contribution >= 4 is 17.3 Å². The fourth-order valence-electron chi connectivity index (χ4n) is 3.24. The van der Waals surface area contributed by atoms with E-state index in [2.05, 4.69) is 10.3 Å². The molecule has 1 fully saturated rings. The molecule has 1 saturated heterocycles. The van der Waals surface area contributed by atoms with Crippen molar-refractivity contribution in [2.45, 2.75) is 46.0 Å². The predicted octanol–water partition coefficient (Wildman–Crippen LogP) is 3.87. The number of carbonyl (C=O) groups is 1. The van der Waals surface area contributed by atoms with Gasteiger partial charge in [-0.25, -0.2) is 9.37 Å². The van der Waals surface area contributed by atoms with Crippen molar-refractivity contribution in [1.29, 1.82) is 0 Å². The van der Waals surface area contributed by atoms with Gasteiger partial charge in [0.15, 0.2) is 0 Å². The maximum atomic E-state index is 14.7. The molecule has 1 aliphatic rings. The predicted molar refractivity (Wildman–Crippen MR) is 107 cm³/mol. The third-order valence-electron chi connectivity index (χ3n) is 4.32. The second kappa shape index (κ2) is 8.56. The molecule has 0 radical (unpaired) electrons. The maximum absolute atomic E-state index is 14.7. The van der Waals surface area contributed by atoms with E-state index in [4.69, 9.17) is 9.47 Å². The number of morpholine rings is 1. The Balaban J connectivity index is 1.67. The van der Waals surface area contributed by atoms with Crippen LogP contribution in [0.15, 0.2) is 36.5 Å². The van der Waals surface area contributed by atoms with Crippen LogP contribution in [0, 0.1) is 5.82 Å². The third-order valence-corrected chi connectivity index (χ3v) is 4.32. The number of benzene rings is 1. The molecular weight excluding hydrogens is 361 g/mol. The Morgan fingerprint density at radius 2 is 1.96 bits per heavy atom. The summed E-state index contributed by atoms with van der Waals surface area (Å²) < 4.78 is 25.8. The Bertz CT molecular complexity index is 816. The molecule has 28 heavy (non-hydrogen) atoms. The van der Waals surface area contributed by atoms with Gasteiger partial charge >= 0.3 is 0 Å². The van der Waals surface area contributed by atoms with Gasteiger partial charge in [0.05, 0.1) is 29.6 Å². The van der Waals surface area contributed by atoms with E-state index in [1.165, 1.54) is 12.3 Å². The van der Waals surface area contributed by atoms with E-state index in [1.54, 1.807) is 24.3 Å². The summed E-state index contributed by atoms with van der Waals surface area (Å²) in [5.74, 6) is -0.279. The molecule has 0 spiro atoms. The Labute approximate surface area is 164 Å². The molecule has 7 heteroatoms. The molecule has 2 atom stereocenters. The van der Waals surface area contributed by atoms with E-state index in [9.17, 15) is 9.18 Å². The Morgan fingerprint density at radius 3 is 2.54 bits per heavy atom. The zero-order chi connectivity index (χ0) is 20.3. The molecule has 0 aliphatic carbocycles. The van der Waals surface area contributed by atoms with Crippen molar-refractivity contribution < 1.29 is 18.7 Å². The van der Waals surface area contributed by atoms with Crippen LogP contribution in [-0.2, 0) is 4.74 Å². The maximum Gasteiger partial charge on any atom is 0.257 e. The van der Waals surface area contributed by atoms with Crippen molar-refractivity contribution in [1.82, 2.24) is 4.98 Å². The number of pyridine rings is 1. The molecule has 0 unspecified atom stereocenters. The number of carbonyl (C=O) groups excluding carboxylic acids is 1. The smallest absolute Gasteiger partial charge is 0.257 e. The number of nitrogens with zero attached hydrogens (tertiary/aromatic N) is 2. The lowest BCUT2D eigenvalue weighted by Gasteiger charge is -2.37. The average Bonchev–Trinajstić information content (AvgIpc) is 2.61. The molecule has 1 aromatic carbocycles. The molecule has 2 aromatic rings. The highest BCUT2D eigenvalue weighted by Gasteiger charge is 2.24.